The lowest BCUT2D eigenvalue weighted by atomic mass is 10.1. The highest BCUT2D eigenvalue weighted by Gasteiger charge is 2.11. The monoisotopic (exact) mass is 431 g/mol. The standard InChI is InChI=1S/C21H33N7OS/c1-16-5-6-18(19(13-16)30-4)14-23-21(22-7-8-28-9-11-29-12-10-28)24-15-20-26-25-17(2)27(20)3/h5-6,13H,7-12,14-15H2,1-4H3,(H2,22,23,24). The second kappa shape index (κ2) is 11.3. The number of aromatic nitrogens is 3. The fraction of sp³-hybridized carbons (Fsp3) is 0.571. The Morgan fingerprint density at radius 2 is 2.00 bits per heavy atom. The third-order valence-corrected chi connectivity index (χ3v) is 6.09. The average Bonchev–Trinajstić information content (AvgIpc) is 3.08. The number of aliphatic imine (C=N–C) groups is 1. The van der Waals surface area contributed by atoms with Crippen LogP contribution in [-0.2, 0) is 24.9 Å². The van der Waals surface area contributed by atoms with E-state index < -0.39 is 0 Å². The first-order chi connectivity index (χ1) is 14.6. The molecule has 0 atom stereocenters. The summed E-state index contributed by atoms with van der Waals surface area (Å²) in [6.07, 6.45) is 2.11. The molecule has 0 unspecified atom stereocenters. The Morgan fingerprint density at radius 1 is 1.20 bits per heavy atom. The third-order valence-electron chi connectivity index (χ3n) is 5.27. The molecule has 3 rings (SSSR count). The maximum Gasteiger partial charge on any atom is 0.192 e. The van der Waals surface area contributed by atoms with Crippen LogP contribution in [0.5, 0.6) is 0 Å². The second-order valence-corrected chi connectivity index (χ2v) is 8.29. The van der Waals surface area contributed by atoms with Crippen molar-refractivity contribution in [2.75, 3.05) is 45.6 Å². The van der Waals surface area contributed by atoms with Crippen LogP contribution in [0.4, 0.5) is 0 Å². The van der Waals surface area contributed by atoms with Gasteiger partial charge in [-0.1, -0.05) is 12.1 Å². The van der Waals surface area contributed by atoms with Crippen molar-refractivity contribution in [3.63, 3.8) is 0 Å². The smallest absolute Gasteiger partial charge is 0.192 e. The van der Waals surface area contributed by atoms with E-state index >= 15 is 0 Å². The molecule has 0 spiro atoms. The van der Waals surface area contributed by atoms with Gasteiger partial charge < -0.3 is 19.9 Å². The zero-order valence-electron chi connectivity index (χ0n) is 18.4. The van der Waals surface area contributed by atoms with E-state index in [1.807, 2.05) is 18.5 Å². The second-order valence-electron chi connectivity index (χ2n) is 7.44. The van der Waals surface area contributed by atoms with Gasteiger partial charge in [-0.25, -0.2) is 4.99 Å². The molecule has 2 heterocycles. The first-order valence-electron chi connectivity index (χ1n) is 10.4. The maximum atomic E-state index is 5.43. The molecule has 0 bridgehead atoms. The predicted molar refractivity (Wildman–Crippen MR) is 122 cm³/mol. The van der Waals surface area contributed by atoms with Crippen LogP contribution in [0, 0.1) is 13.8 Å². The van der Waals surface area contributed by atoms with Crippen LogP contribution >= 0.6 is 11.8 Å². The minimum absolute atomic E-state index is 0.573. The topological polar surface area (TPSA) is 79.6 Å². The number of ether oxygens (including phenoxy) is 1. The molecule has 1 aliphatic rings. The Morgan fingerprint density at radius 3 is 2.70 bits per heavy atom. The van der Waals surface area contributed by atoms with Crippen LogP contribution < -0.4 is 10.6 Å². The Kier molecular flexibility index (Phi) is 8.53. The van der Waals surface area contributed by atoms with Gasteiger partial charge in [-0.05, 0) is 37.3 Å². The van der Waals surface area contributed by atoms with Gasteiger partial charge in [-0.2, -0.15) is 0 Å². The van der Waals surface area contributed by atoms with Crippen molar-refractivity contribution >= 4 is 17.7 Å². The molecule has 1 aliphatic heterocycles. The molecule has 8 nitrogen and oxygen atoms in total. The van der Waals surface area contributed by atoms with Crippen LogP contribution in [-0.4, -0.2) is 71.3 Å². The van der Waals surface area contributed by atoms with E-state index in [2.05, 4.69) is 57.1 Å². The number of hydrogen-bond donors (Lipinski definition) is 2. The molecule has 2 N–H and O–H groups in total. The van der Waals surface area contributed by atoms with E-state index in [1.165, 1.54) is 16.0 Å². The summed E-state index contributed by atoms with van der Waals surface area (Å²) in [7, 11) is 1.98. The lowest BCUT2D eigenvalue weighted by molar-refractivity contribution is 0.0389. The van der Waals surface area contributed by atoms with Crippen LogP contribution in [0.3, 0.4) is 0 Å². The van der Waals surface area contributed by atoms with Crippen molar-refractivity contribution < 1.29 is 4.74 Å². The fourth-order valence-electron chi connectivity index (χ4n) is 3.25. The Bertz CT molecular complexity index is 846. The van der Waals surface area contributed by atoms with E-state index in [0.29, 0.717) is 13.1 Å². The Balaban J connectivity index is 1.64. The van der Waals surface area contributed by atoms with Gasteiger partial charge in [0, 0.05) is 38.1 Å². The highest BCUT2D eigenvalue weighted by atomic mass is 32.2. The fourth-order valence-corrected chi connectivity index (χ4v) is 3.94. The van der Waals surface area contributed by atoms with Crippen molar-refractivity contribution in [3.8, 4) is 0 Å². The number of benzene rings is 1. The van der Waals surface area contributed by atoms with Crippen LogP contribution in [0.15, 0.2) is 28.1 Å². The van der Waals surface area contributed by atoms with Gasteiger partial charge in [-0.3, -0.25) is 4.90 Å². The molecular formula is C21H33N7OS. The molecule has 0 saturated carbocycles. The summed E-state index contributed by atoms with van der Waals surface area (Å²) >= 11 is 1.76. The van der Waals surface area contributed by atoms with E-state index in [9.17, 15) is 0 Å². The number of thioether (sulfide) groups is 1. The summed E-state index contributed by atoms with van der Waals surface area (Å²) in [6, 6.07) is 6.53. The molecule has 1 aromatic carbocycles. The van der Waals surface area contributed by atoms with Crippen LogP contribution in [0.2, 0.25) is 0 Å². The number of nitrogens with one attached hydrogen (secondary N) is 2. The molecule has 1 fully saturated rings. The van der Waals surface area contributed by atoms with Crippen molar-refractivity contribution in [2.45, 2.75) is 31.8 Å². The molecule has 1 aromatic heterocycles. The molecule has 2 aromatic rings. The highest BCUT2D eigenvalue weighted by molar-refractivity contribution is 7.98. The van der Waals surface area contributed by atoms with E-state index in [-0.39, 0.29) is 0 Å². The van der Waals surface area contributed by atoms with Gasteiger partial charge in [0.15, 0.2) is 11.8 Å². The van der Waals surface area contributed by atoms with Crippen molar-refractivity contribution in [2.24, 2.45) is 12.0 Å². The lowest BCUT2D eigenvalue weighted by Gasteiger charge is -2.26. The van der Waals surface area contributed by atoms with Crippen molar-refractivity contribution in [1.29, 1.82) is 0 Å². The normalized spacial score (nSPS) is 15.4. The molecule has 0 aliphatic carbocycles. The molecule has 1 saturated heterocycles. The van der Waals surface area contributed by atoms with Crippen molar-refractivity contribution in [1.82, 2.24) is 30.3 Å². The summed E-state index contributed by atoms with van der Waals surface area (Å²) in [5.41, 5.74) is 2.50. The molecular weight excluding hydrogens is 398 g/mol. The van der Waals surface area contributed by atoms with Gasteiger partial charge in [-0.15, -0.1) is 22.0 Å². The quantitative estimate of drug-likeness (QED) is 0.374. The zero-order chi connectivity index (χ0) is 21.3. The minimum atomic E-state index is 0.573. The molecule has 30 heavy (non-hydrogen) atoms. The number of aryl methyl sites for hydroxylation is 2. The molecule has 0 amide bonds. The van der Waals surface area contributed by atoms with Gasteiger partial charge in [0.25, 0.3) is 0 Å². The Labute approximate surface area is 183 Å². The highest BCUT2D eigenvalue weighted by Crippen LogP contribution is 2.22. The summed E-state index contributed by atoms with van der Waals surface area (Å²) in [5.74, 6) is 2.57. The van der Waals surface area contributed by atoms with Gasteiger partial charge in [0.1, 0.15) is 5.82 Å². The summed E-state index contributed by atoms with van der Waals surface area (Å²) in [5, 5.41) is 15.3. The largest absolute Gasteiger partial charge is 0.379 e. The number of guanidine groups is 1. The number of morpholine rings is 1. The number of nitrogens with zero attached hydrogens (tertiary/aromatic N) is 5. The van der Waals surface area contributed by atoms with Crippen LogP contribution in [0.25, 0.3) is 0 Å². The lowest BCUT2D eigenvalue weighted by Crippen LogP contribution is -2.44. The first kappa shape index (κ1) is 22.6. The van der Waals surface area contributed by atoms with E-state index in [4.69, 9.17) is 9.73 Å². The van der Waals surface area contributed by atoms with Gasteiger partial charge in [0.05, 0.1) is 26.3 Å². The SMILES string of the molecule is CSc1cc(C)ccc1CN=C(NCCN1CCOCC1)NCc1nnc(C)n1C. The Hall–Kier alpha value is -2.10. The minimum Gasteiger partial charge on any atom is -0.379 e. The zero-order valence-corrected chi connectivity index (χ0v) is 19.3. The van der Waals surface area contributed by atoms with Crippen LogP contribution in [0.1, 0.15) is 22.8 Å². The van der Waals surface area contributed by atoms with Gasteiger partial charge in [0.2, 0.25) is 0 Å². The van der Waals surface area contributed by atoms with Crippen molar-refractivity contribution in [3.05, 3.63) is 41.0 Å². The molecule has 0 radical (unpaired) electrons. The third kappa shape index (κ3) is 6.45. The van der Waals surface area contributed by atoms with E-state index in [0.717, 1.165) is 57.0 Å². The first-order valence-corrected chi connectivity index (χ1v) is 11.6. The number of rotatable bonds is 8. The summed E-state index contributed by atoms with van der Waals surface area (Å²) in [6.45, 7) is 10.7. The molecule has 164 valence electrons. The predicted octanol–water partition coefficient (Wildman–Crippen LogP) is 1.72. The molecule has 9 heteroatoms. The average molecular weight is 432 g/mol. The van der Waals surface area contributed by atoms with E-state index in [1.54, 1.807) is 11.8 Å². The van der Waals surface area contributed by atoms with Gasteiger partial charge >= 0.3 is 0 Å². The maximum absolute atomic E-state index is 5.43. The summed E-state index contributed by atoms with van der Waals surface area (Å²) < 4.78 is 7.42. The number of hydrogen-bond acceptors (Lipinski definition) is 6. The summed E-state index contributed by atoms with van der Waals surface area (Å²) in [4.78, 5) is 8.53.